The molecule has 3 heteroatoms. The molecule has 1 aromatic carbocycles. The molecule has 74 valence electrons. The van der Waals surface area contributed by atoms with Crippen molar-refractivity contribution in [3.8, 4) is 0 Å². The Kier molecular flexibility index (Phi) is 4.26. The maximum Gasteiger partial charge on any atom is 0.308 e. The van der Waals surface area contributed by atoms with Crippen molar-refractivity contribution in [1.82, 2.24) is 0 Å². The zero-order valence-corrected chi connectivity index (χ0v) is 8.59. The van der Waals surface area contributed by atoms with Crippen molar-refractivity contribution < 1.29 is 9.90 Å². The highest BCUT2D eigenvalue weighted by Crippen LogP contribution is 2.05. The van der Waals surface area contributed by atoms with Crippen LogP contribution in [0.4, 0.5) is 0 Å². The summed E-state index contributed by atoms with van der Waals surface area (Å²) in [7, 11) is 0. The lowest BCUT2D eigenvalue weighted by atomic mass is 10.1. The average Bonchev–Trinajstić information content (AvgIpc) is 2.15. The van der Waals surface area contributed by atoms with E-state index in [1.54, 1.807) is 0 Å². The minimum absolute atomic E-state index is 0.00215. The third kappa shape index (κ3) is 4.14. The van der Waals surface area contributed by atoms with Crippen molar-refractivity contribution in [3.05, 3.63) is 35.9 Å². The van der Waals surface area contributed by atoms with Gasteiger partial charge in [-0.25, -0.2) is 0 Å². The van der Waals surface area contributed by atoms with Crippen LogP contribution in [-0.2, 0) is 11.2 Å². The van der Waals surface area contributed by atoms with E-state index in [1.165, 1.54) is 5.56 Å². The molecule has 0 bridgehead atoms. The second-order valence-corrected chi connectivity index (χ2v) is 3.67. The largest absolute Gasteiger partial charge is 0.481 e. The van der Waals surface area contributed by atoms with Crippen LogP contribution < -0.4 is 0 Å². The molecule has 0 aliphatic heterocycles. The van der Waals surface area contributed by atoms with E-state index in [0.717, 1.165) is 6.42 Å². The maximum absolute atomic E-state index is 10.3. The second kappa shape index (κ2) is 5.50. The number of aryl methyl sites for hydroxylation is 1. The first-order valence-corrected chi connectivity index (χ1v) is 4.87. The Bertz CT molecular complexity index is 319. The lowest BCUT2D eigenvalue weighted by Gasteiger charge is -2.00. The number of hydrogen-bond donors (Lipinski definition) is 1. The highest BCUT2D eigenvalue weighted by atomic mass is 32.1. The first kappa shape index (κ1) is 10.9. The molecule has 0 saturated heterocycles. The van der Waals surface area contributed by atoms with Gasteiger partial charge in [-0.3, -0.25) is 4.79 Å². The van der Waals surface area contributed by atoms with E-state index in [4.69, 9.17) is 17.3 Å². The Morgan fingerprint density at radius 2 is 1.93 bits per heavy atom. The van der Waals surface area contributed by atoms with Crippen molar-refractivity contribution in [2.75, 3.05) is 0 Å². The molecule has 0 unspecified atom stereocenters. The van der Waals surface area contributed by atoms with Gasteiger partial charge in [0.05, 0.1) is 6.42 Å². The molecule has 0 spiro atoms. The van der Waals surface area contributed by atoms with E-state index in [0.29, 0.717) is 11.3 Å². The number of rotatable bonds is 5. The Balaban J connectivity index is 2.34. The first-order valence-electron chi connectivity index (χ1n) is 4.46. The van der Waals surface area contributed by atoms with Gasteiger partial charge in [0.2, 0.25) is 0 Å². The topological polar surface area (TPSA) is 37.3 Å². The second-order valence-electron chi connectivity index (χ2n) is 3.09. The summed E-state index contributed by atoms with van der Waals surface area (Å²) in [5, 5.41) is 8.49. The number of carbonyl (C=O) groups is 1. The summed E-state index contributed by atoms with van der Waals surface area (Å²) in [6.45, 7) is 0. The van der Waals surface area contributed by atoms with E-state index >= 15 is 0 Å². The normalized spacial score (nSPS) is 9.71. The average molecular weight is 208 g/mol. The van der Waals surface area contributed by atoms with Crippen LogP contribution >= 0.6 is 12.2 Å². The number of carboxylic acids is 1. The molecule has 1 rings (SSSR count). The zero-order valence-electron chi connectivity index (χ0n) is 7.77. The molecule has 0 amide bonds. The van der Waals surface area contributed by atoms with Crippen molar-refractivity contribution in [1.29, 1.82) is 0 Å². The number of hydrogen-bond acceptors (Lipinski definition) is 2. The fourth-order valence-corrected chi connectivity index (χ4v) is 1.41. The molecule has 0 saturated carbocycles. The predicted molar refractivity (Wildman–Crippen MR) is 59.6 cm³/mol. The van der Waals surface area contributed by atoms with Crippen LogP contribution in [0.5, 0.6) is 0 Å². The SMILES string of the molecule is O=C(O)CC(=S)CCc1ccccc1. The molecule has 0 fully saturated rings. The van der Waals surface area contributed by atoms with Gasteiger partial charge >= 0.3 is 5.97 Å². The van der Waals surface area contributed by atoms with Gasteiger partial charge in [-0.05, 0) is 18.4 Å². The Labute approximate surface area is 88.6 Å². The Morgan fingerprint density at radius 3 is 2.50 bits per heavy atom. The van der Waals surface area contributed by atoms with Gasteiger partial charge < -0.3 is 5.11 Å². The predicted octanol–water partition coefficient (Wildman–Crippen LogP) is 2.46. The van der Waals surface area contributed by atoms with Gasteiger partial charge in [0.15, 0.2) is 0 Å². The van der Waals surface area contributed by atoms with E-state index in [9.17, 15) is 4.79 Å². The van der Waals surface area contributed by atoms with Crippen LogP contribution in [-0.4, -0.2) is 15.9 Å². The van der Waals surface area contributed by atoms with Crippen molar-refractivity contribution in [2.24, 2.45) is 0 Å². The van der Waals surface area contributed by atoms with Gasteiger partial charge in [-0.1, -0.05) is 42.5 Å². The molecule has 2 nitrogen and oxygen atoms in total. The fraction of sp³-hybridized carbons (Fsp3) is 0.273. The monoisotopic (exact) mass is 208 g/mol. The maximum atomic E-state index is 10.3. The summed E-state index contributed by atoms with van der Waals surface area (Å²) in [4.78, 5) is 10.9. The van der Waals surface area contributed by atoms with Crippen molar-refractivity contribution in [3.63, 3.8) is 0 Å². The highest BCUT2D eigenvalue weighted by molar-refractivity contribution is 7.80. The van der Waals surface area contributed by atoms with Crippen molar-refractivity contribution in [2.45, 2.75) is 19.3 Å². The van der Waals surface area contributed by atoms with Crippen LogP contribution in [0.2, 0.25) is 0 Å². The van der Waals surface area contributed by atoms with Crippen LogP contribution in [0, 0.1) is 0 Å². The molecular weight excluding hydrogens is 196 g/mol. The Hall–Kier alpha value is -1.22. The van der Waals surface area contributed by atoms with Crippen LogP contribution in [0.15, 0.2) is 30.3 Å². The lowest BCUT2D eigenvalue weighted by molar-refractivity contribution is -0.135. The summed E-state index contributed by atoms with van der Waals surface area (Å²) in [5.74, 6) is -0.844. The van der Waals surface area contributed by atoms with Crippen LogP contribution in [0.25, 0.3) is 0 Å². The molecule has 1 N–H and O–H groups in total. The van der Waals surface area contributed by atoms with Crippen LogP contribution in [0.3, 0.4) is 0 Å². The molecule has 1 aromatic rings. The summed E-state index contributed by atoms with van der Waals surface area (Å²) < 4.78 is 0. The standard InChI is InChI=1S/C11H12O2S/c12-11(13)8-10(14)7-6-9-4-2-1-3-5-9/h1-5H,6-8H2,(H,12,13). The quantitative estimate of drug-likeness (QED) is 0.755. The molecular formula is C11H12O2S. The molecule has 0 atom stereocenters. The summed E-state index contributed by atoms with van der Waals surface area (Å²) in [6, 6.07) is 9.93. The zero-order chi connectivity index (χ0) is 10.4. The lowest BCUT2D eigenvalue weighted by Crippen LogP contribution is -2.05. The molecule has 14 heavy (non-hydrogen) atoms. The Morgan fingerprint density at radius 1 is 1.29 bits per heavy atom. The number of benzene rings is 1. The molecule has 0 aliphatic carbocycles. The number of aliphatic carboxylic acids is 1. The minimum Gasteiger partial charge on any atom is -0.481 e. The molecule has 0 aliphatic rings. The molecule has 0 heterocycles. The first-order chi connectivity index (χ1) is 6.68. The smallest absolute Gasteiger partial charge is 0.308 e. The van der Waals surface area contributed by atoms with E-state index < -0.39 is 5.97 Å². The highest BCUT2D eigenvalue weighted by Gasteiger charge is 2.03. The minimum atomic E-state index is -0.844. The van der Waals surface area contributed by atoms with E-state index in [1.807, 2.05) is 30.3 Å². The third-order valence-corrected chi connectivity index (χ3v) is 2.23. The van der Waals surface area contributed by atoms with Gasteiger partial charge in [0.1, 0.15) is 0 Å². The van der Waals surface area contributed by atoms with E-state index in [-0.39, 0.29) is 6.42 Å². The summed E-state index contributed by atoms with van der Waals surface area (Å²) in [6.07, 6.45) is 1.50. The fourth-order valence-electron chi connectivity index (χ4n) is 1.19. The summed E-state index contributed by atoms with van der Waals surface area (Å²) >= 11 is 4.95. The van der Waals surface area contributed by atoms with Gasteiger partial charge in [-0.2, -0.15) is 0 Å². The third-order valence-electron chi connectivity index (χ3n) is 1.88. The van der Waals surface area contributed by atoms with Gasteiger partial charge in [-0.15, -0.1) is 0 Å². The number of carboxylic acid groups (broad SMARTS) is 1. The van der Waals surface area contributed by atoms with Crippen molar-refractivity contribution >= 4 is 23.1 Å². The number of thiocarbonyl (C=S) groups is 1. The summed E-state index contributed by atoms with van der Waals surface area (Å²) in [5.41, 5.74) is 1.19. The van der Waals surface area contributed by atoms with Gasteiger partial charge in [0, 0.05) is 4.86 Å². The van der Waals surface area contributed by atoms with Crippen LogP contribution in [0.1, 0.15) is 18.4 Å². The van der Waals surface area contributed by atoms with Gasteiger partial charge in [0.25, 0.3) is 0 Å². The molecule has 0 radical (unpaired) electrons. The molecule has 0 aromatic heterocycles. The van der Waals surface area contributed by atoms with E-state index in [2.05, 4.69) is 0 Å².